The van der Waals surface area contributed by atoms with Crippen molar-refractivity contribution in [1.82, 2.24) is 4.90 Å². The normalized spacial score (nSPS) is 31.6. The fourth-order valence-electron chi connectivity index (χ4n) is 4.53. The second-order valence-electron chi connectivity index (χ2n) is 7.79. The highest BCUT2D eigenvalue weighted by atomic mass is 15.2. The van der Waals surface area contributed by atoms with Gasteiger partial charge in [0, 0.05) is 18.2 Å². The molecule has 2 atom stereocenters. The zero-order chi connectivity index (χ0) is 14.2. The predicted octanol–water partition coefficient (Wildman–Crippen LogP) is 3.94. The van der Waals surface area contributed by atoms with Gasteiger partial charge in [0.15, 0.2) is 0 Å². The van der Waals surface area contributed by atoms with E-state index in [1.807, 2.05) is 6.07 Å². The quantitative estimate of drug-likeness (QED) is 0.697. The van der Waals surface area contributed by atoms with Crippen molar-refractivity contribution in [1.29, 1.82) is 0 Å². The lowest BCUT2D eigenvalue weighted by Gasteiger charge is -2.39. The molecule has 0 radical (unpaired) electrons. The summed E-state index contributed by atoms with van der Waals surface area (Å²) in [6, 6.07) is 11.1. The molecule has 1 heteroatoms. The monoisotopic (exact) mass is 267 g/mol. The van der Waals surface area contributed by atoms with Gasteiger partial charge in [-0.3, -0.25) is 4.90 Å². The van der Waals surface area contributed by atoms with Crippen molar-refractivity contribution in [2.75, 3.05) is 13.1 Å². The molecule has 0 aromatic heterocycles. The minimum atomic E-state index is 0.499. The summed E-state index contributed by atoms with van der Waals surface area (Å²) < 4.78 is 0. The molecule has 0 amide bonds. The van der Waals surface area contributed by atoms with Gasteiger partial charge >= 0.3 is 0 Å². The van der Waals surface area contributed by atoms with Gasteiger partial charge in [-0.25, -0.2) is 0 Å². The van der Waals surface area contributed by atoms with Crippen LogP contribution in [0, 0.1) is 22.7 Å². The van der Waals surface area contributed by atoms with Crippen LogP contribution >= 0.6 is 0 Å². The highest BCUT2D eigenvalue weighted by Crippen LogP contribution is 2.52. The number of fused-ring (bicyclic) bond motifs is 2. The summed E-state index contributed by atoms with van der Waals surface area (Å²) in [5.41, 5.74) is 2.14. The van der Waals surface area contributed by atoms with E-state index in [2.05, 4.69) is 61.8 Å². The van der Waals surface area contributed by atoms with Gasteiger partial charge in [0.1, 0.15) is 0 Å². The minimum Gasteiger partial charge on any atom is -0.289 e. The van der Waals surface area contributed by atoms with Crippen LogP contribution in [0.15, 0.2) is 30.3 Å². The van der Waals surface area contributed by atoms with Crippen LogP contribution in [0.4, 0.5) is 0 Å². The van der Waals surface area contributed by atoms with E-state index in [1.54, 1.807) is 0 Å². The van der Waals surface area contributed by atoms with Crippen molar-refractivity contribution < 1.29 is 0 Å². The van der Waals surface area contributed by atoms with Gasteiger partial charge < -0.3 is 0 Å². The molecule has 1 saturated carbocycles. The molecule has 1 heterocycles. The molecule has 1 saturated heterocycles. The standard InChI is InChI=1S/C19H25N/c1-18(2)12-17-13-19(3,14-18)15-20(17)11-7-10-16-8-5-4-6-9-16/h4-6,8-9,17H,11-15H2,1-3H3/t17-,19-/m1/s1. The Morgan fingerprint density at radius 2 is 1.90 bits per heavy atom. The first-order valence-corrected chi connectivity index (χ1v) is 7.74. The first-order chi connectivity index (χ1) is 9.46. The Morgan fingerprint density at radius 3 is 2.65 bits per heavy atom. The molecule has 106 valence electrons. The van der Waals surface area contributed by atoms with E-state index in [4.69, 9.17) is 0 Å². The fraction of sp³-hybridized carbons (Fsp3) is 0.579. The van der Waals surface area contributed by atoms with E-state index in [1.165, 1.54) is 25.8 Å². The van der Waals surface area contributed by atoms with Gasteiger partial charge in [0.25, 0.3) is 0 Å². The van der Waals surface area contributed by atoms with Crippen molar-refractivity contribution in [3.8, 4) is 11.8 Å². The Labute approximate surface area is 123 Å². The Balaban J connectivity index is 1.67. The zero-order valence-electron chi connectivity index (χ0n) is 12.9. The summed E-state index contributed by atoms with van der Waals surface area (Å²) in [7, 11) is 0. The van der Waals surface area contributed by atoms with Crippen LogP contribution < -0.4 is 0 Å². The predicted molar refractivity (Wildman–Crippen MR) is 84.4 cm³/mol. The lowest BCUT2D eigenvalue weighted by Crippen LogP contribution is -2.34. The minimum absolute atomic E-state index is 0.499. The molecule has 1 nitrogen and oxygen atoms in total. The van der Waals surface area contributed by atoms with Crippen molar-refractivity contribution in [3.63, 3.8) is 0 Å². The summed E-state index contributed by atoms with van der Waals surface area (Å²) in [5.74, 6) is 6.67. The zero-order valence-corrected chi connectivity index (χ0v) is 12.9. The molecule has 3 rings (SSSR count). The maximum Gasteiger partial charge on any atom is 0.0607 e. The van der Waals surface area contributed by atoms with Crippen molar-refractivity contribution in [2.24, 2.45) is 10.8 Å². The van der Waals surface area contributed by atoms with Crippen LogP contribution in [-0.2, 0) is 0 Å². The molecule has 0 unspecified atom stereocenters. The third-order valence-electron chi connectivity index (χ3n) is 4.81. The average Bonchev–Trinajstić information content (AvgIpc) is 2.60. The molecule has 2 bridgehead atoms. The Morgan fingerprint density at radius 1 is 1.15 bits per heavy atom. The van der Waals surface area contributed by atoms with Crippen LogP contribution in [0.5, 0.6) is 0 Å². The Kier molecular flexibility index (Phi) is 3.38. The third-order valence-corrected chi connectivity index (χ3v) is 4.81. The van der Waals surface area contributed by atoms with Crippen molar-refractivity contribution in [3.05, 3.63) is 35.9 Å². The van der Waals surface area contributed by atoms with Crippen LogP contribution in [0.2, 0.25) is 0 Å². The molecule has 1 aromatic rings. The number of hydrogen-bond acceptors (Lipinski definition) is 1. The molecule has 2 fully saturated rings. The Bertz CT molecular complexity index is 534. The molecule has 2 aliphatic rings. The van der Waals surface area contributed by atoms with E-state index in [0.29, 0.717) is 10.8 Å². The molecule has 20 heavy (non-hydrogen) atoms. The first kappa shape index (κ1) is 13.7. The lowest BCUT2D eigenvalue weighted by atomic mass is 9.65. The highest BCUT2D eigenvalue weighted by molar-refractivity contribution is 5.33. The average molecular weight is 267 g/mol. The maximum absolute atomic E-state index is 3.38. The maximum atomic E-state index is 3.38. The van der Waals surface area contributed by atoms with E-state index >= 15 is 0 Å². The summed E-state index contributed by atoms with van der Waals surface area (Å²) in [5, 5.41) is 0. The van der Waals surface area contributed by atoms with Gasteiger partial charge in [-0.15, -0.1) is 0 Å². The molecule has 0 spiro atoms. The summed E-state index contributed by atoms with van der Waals surface area (Å²) >= 11 is 0. The number of benzene rings is 1. The largest absolute Gasteiger partial charge is 0.289 e. The SMILES string of the molecule is CC1(C)C[C@@H]2C[C@@](C)(CN2CC#Cc2ccccc2)C1. The topological polar surface area (TPSA) is 3.24 Å². The fourth-order valence-corrected chi connectivity index (χ4v) is 4.53. The molecule has 1 aliphatic heterocycles. The van der Waals surface area contributed by atoms with Crippen LogP contribution in [0.3, 0.4) is 0 Å². The van der Waals surface area contributed by atoms with Crippen LogP contribution in [-0.4, -0.2) is 24.0 Å². The number of hydrogen-bond donors (Lipinski definition) is 0. The van der Waals surface area contributed by atoms with Gasteiger partial charge in [-0.2, -0.15) is 0 Å². The summed E-state index contributed by atoms with van der Waals surface area (Å²) in [4.78, 5) is 2.62. The number of rotatable bonds is 1. The molecule has 1 aliphatic carbocycles. The smallest absolute Gasteiger partial charge is 0.0607 e. The van der Waals surface area contributed by atoms with E-state index < -0.39 is 0 Å². The van der Waals surface area contributed by atoms with E-state index in [0.717, 1.165) is 18.2 Å². The van der Waals surface area contributed by atoms with Gasteiger partial charge in [0.05, 0.1) is 6.54 Å². The van der Waals surface area contributed by atoms with Gasteiger partial charge in [-0.1, -0.05) is 50.8 Å². The summed E-state index contributed by atoms with van der Waals surface area (Å²) in [6.45, 7) is 9.47. The molecule has 0 N–H and O–H groups in total. The molecule has 1 aromatic carbocycles. The second-order valence-corrected chi connectivity index (χ2v) is 7.79. The van der Waals surface area contributed by atoms with Crippen LogP contribution in [0.25, 0.3) is 0 Å². The molecular formula is C19H25N. The van der Waals surface area contributed by atoms with Crippen LogP contribution in [0.1, 0.15) is 45.6 Å². The van der Waals surface area contributed by atoms with Gasteiger partial charge in [0.2, 0.25) is 0 Å². The number of likely N-dealkylation sites (tertiary alicyclic amines) is 1. The lowest BCUT2D eigenvalue weighted by molar-refractivity contribution is 0.129. The van der Waals surface area contributed by atoms with E-state index in [9.17, 15) is 0 Å². The van der Waals surface area contributed by atoms with Crippen molar-refractivity contribution >= 4 is 0 Å². The highest BCUT2D eigenvalue weighted by Gasteiger charge is 2.49. The van der Waals surface area contributed by atoms with E-state index in [-0.39, 0.29) is 0 Å². The summed E-state index contributed by atoms with van der Waals surface area (Å²) in [6.07, 6.45) is 4.05. The number of nitrogens with zero attached hydrogens (tertiary/aromatic N) is 1. The second kappa shape index (κ2) is 4.93. The van der Waals surface area contributed by atoms with Gasteiger partial charge in [-0.05, 0) is 42.2 Å². The Hall–Kier alpha value is -1.26. The van der Waals surface area contributed by atoms with Crippen molar-refractivity contribution in [2.45, 2.75) is 46.1 Å². The molecular weight excluding hydrogens is 242 g/mol. The third kappa shape index (κ3) is 2.91. The first-order valence-electron chi connectivity index (χ1n) is 7.74.